The number of fused-ring (bicyclic) bond motifs is 1. The van der Waals surface area contributed by atoms with E-state index in [4.69, 9.17) is 10.5 Å². The molecule has 182 valence electrons. The van der Waals surface area contributed by atoms with E-state index >= 15 is 0 Å². The van der Waals surface area contributed by atoms with Crippen LogP contribution >= 0.6 is 11.3 Å². The minimum Gasteiger partial charge on any atom is -0.465 e. The maximum absolute atomic E-state index is 13.3. The number of nitrogens with two attached hydrogens (primary N) is 1. The van der Waals surface area contributed by atoms with Gasteiger partial charge in [-0.1, -0.05) is 25.3 Å². The van der Waals surface area contributed by atoms with Crippen LogP contribution in [0, 0.1) is 11.8 Å². The van der Waals surface area contributed by atoms with Crippen molar-refractivity contribution in [2.24, 2.45) is 17.6 Å². The summed E-state index contributed by atoms with van der Waals surface area (Å²) in [5.74, 6) is -0.0299. The molecule has 3 fully saturated rings. The summed E-state index contributed by atoms with van der Waals surface area (Å²) in [6, 6.07) is 2.43. The average Bonchev–Trinajstić information content (AvgIpc) is 3.34. The molecule has 0 bridgehead atoms. The fourth-order valence-electron chi connectivity index (χ4n) is 6.07. The van der Waals surface area contributed by atoms with Gasteiger partial charge in [0, 0.05) is 31.1 Å². The zero-order valence-electron chi connectivity index (χ0n) is 18.8. The Morgan fingerprint density at radius 3 is 2.67 bits per heavy atom. The van der Waals surface area contributed by atoms with Crippen LogP contribution in [0.2, 0.25) is 0 Å². The second-order valence-corrected chi connectivity index (χ2v) is 10.5. The van der Waals surface area contributed by atoms with Crippen LogP contribution in [0.15, 0.2) is 17.5 Å². The number of piperidine rings is 1. The fourth-order valence-corrected chi connectivity index (χ4v) is 7.01. The largest absolute Gasteiger partial charge is 0.465 e. The van der Waals surface area contributed by atoms with Gasteiger partial charge in [0.15, 0.2) is 0 Å². The van der Waals surface area contributed by atoms with E-state index in [2.05, 4.69) is 10.6 Å². The van der Waals surface area contributed by atoms with Crippen molar-refractivity contribution in [2.45, 2.75) is 69.0 Å². The SMILES string of the molecule is NC(=O)CC(NC(=O)NC1(c2cccs2)CCOCC1)C1C2CCCCC2CCN1C(=O)O. The van der Waals surface area contributed by atoms with Crippen LogP contribution < -0.4 is 16.4 Å². The molecule has 9 nitrogen and oxygen atoms in total. The molecule has 1 aromatic rings. The third kappa shape index (κ3) is 5.27. The number of carbonyl (C=O) groups is 3. The van der Waals surface area contributed by atoms with Gasteiger partial charge in [-0.15, -0.1) is 11.3 Å². The molecule has 1 saturated carbocycles. The van der Waals surface area contributed by atoms with Crippen LogP contribution in [-0.2, 0) is 15.1 Å². The lowest BCUT2D eigenvalue weighted by atomic mass is 9.68. The molecule has 10 heteroatoms. The highest BCUT2D eigenvalue weighted by molar-refractivity contribution is 7.10. The number of ether oxygens (including phenoxy) is 1. The van der Waals surface area contributed by atoms with E-state index in [1.165, 1.54) is 4.90 Å². The Balaban J connectivity index is 1.56. The molecule has 2 saturated heterocycles. The van der Waals surface area contributed by atoms with Crippen LogP contribution in [0.4, 0.5) is 9.59 Å². The Labute approximate surface area is 198 Å². The van der Waals surface area contributed by atoms with E-state index in [0.29, 0.717) is 38.5 Å². The van der Waals surface area contributed by atoms with Crippen molar-refractivity contribution in [3.8, 4) is 0 Å². The molecular formula is C23H34N4O5S. The Morgan fingerprint density at radius 2 is 2.00 bits per heavy atom. The molecule has 0 aromatic carbocycles. The monoisotopic (exact) mass is 478 g/mol. The van der Waals surface area contributed by atoms with Crippen molar-refractivity contribution >= 4 is 29.4 Å². The third-order valence-corrected chi connectivity index (χ3v) is 8.67. The molecule has 4 amide bonds. The predicted octanol–water partition coefficient (Wildman–Crippen LogP) is 2.86. The van der Waals surface area contributed by atoms with Gasteiger partial charge >= 0.3 is 12.1 Å². The minimum atomic E-state index is -1.01. The maximum Gasteiger partial charge on any atom is 0.407 e. The van der Waals surface area contributed by atoms with Gasteiger partial charge in [0.2, 0.25) is 5.91 Å². The predicted molar refractivity (Wildman–Crippen MR) is 124 cm³/mol. The molecular weight excluding hydrogens is 444 g/mol. The van der Waals surface area contributed by atoms with Crippen LogP contribution in [0.5, 0.6) is 0 Å². The first-order chi connectivity index (χ1) is 15.9. The van der Waals surface area contributed by atoms with E-state index in [1.54, 1.807) is 11.3 Å². The number of urea groups is 1. The van der Waals surface area contributed by atoms with Crippen LogP contribution in [0.25, 0.3) is 0 Å². The molecule has 3 heterocycles. The fraction of sp³-hybridized carbons (Fsp3) is 0.696. The van der Waals surface area contributed by atoms with Crippen LogP contribution in [0.1, 0.15) is 56.2 Å². The molecule has 4 unspecified atom stereocenters. The first-order valence-electron chi connectivity index (χ1n) is 11.9. The molecule has 5 N–H and O–H groups in total. The maximum atomic E-state index is 13.3. The number of carboxylic acid groups (broad SMARTS) is 1. The standard InChI is InChI=1S/C23H34N4O5S/c24-19(28)14-17(20-16-5-2-1-4-15(16)7-10-27(20)22(30)31)25-21(29)26-23(8-11-32-12-9-23)18-6-3-13-33-18/h3,6,13,15-17,20H,1-2,4-5,7-12,14H2,(H2,24,28)(H,30,31)(H2,25,26,29). The Morgan fingerprint density at radius 1 is 1.24 bits per heavy atom. The summed E-state index contributed by atoms with van der Waals surface area (Å²) in [5, 5.41) is 18.0. The number of hydrogen-bond donors (Lipinski definition) is 4. The van der Waals surface area contributed by atoms with Crippen molar-refractivity contribution in [1.82, 2.24) is 15.5 Å². The lowest BCUT2D eigenvalue weighted by Gasteiger charge is -2.49. The second kappa shape index (κ2) is 10.3. The average molecular weight is 479 g/mol. The summed E-state index contributed by atoms with van der Waals surface area (Å²) in [7, 11) is 0. The second-order valence-electron chi connectivity index (χ2n) is 9.51. The molecule has 33 heavy (non-hydrogen) atoms. The van der Waals surface area contributed by atoms with Crippen LogP contribution in [-0.4, -0.2) is 59.9 Å². The summed E-state index contributed by atoms with van der Waals surface area (Å²) in [5.41, 5.74) is 5.02. The van der Waals surface area contributed by atoms with Gasteiger partial charge in [0.05, 0.1) is 17.6 Å². The van der Waals surface area contributed by atoms with Gasteiger partial charge in [0.25, 0.3) is 0 Å². The van der Waals surface area contributed by atoms with Crippen molar-refractivity contribution in [2.75, 3.05) is 19.8 Å². The number of likely N-dealkylation sites (tertiary alicyclic amines) is 1. The number of thiophene rings is 1. The normalized spacial score (nSPS) is 27.8. The lowest BCUT2D eigenvalue weighted by molar-refractivity contribution is -0.119. The number of nitrogens with one attached hydrogen (secondary N) is 2. The van der Waals surface area contributed by atoms with E-state index < -0.39 is 35.7 Å². The van der Waals surface area contributed by atoms with Crippen molar-refractivity contribution in [3.63, 3.8) is 0 Å². The van der Waals surface area contributed by atoms with Gasteiger partial charge in [-0.2, -0.15) is 0 Å². The Hall–Kier alpha value is -2.33. The van der Waals surface area contributed by atoms with Gasteiger partial charge in [-0.25, -0.2) is 9.59 Å². The Bertz CT molecular complexity index is 842. The smallest absolute Gasteiger partial charge is 0.407 e. The number of rotatable bonds is 6. The first-order valence-corrected chi connectivity index (χ1v) is 12.8. The number of nitrogens with zero attached hydrogens (tertiary/aromatic N) is 1. The molecule has 3 aliphatic rings. The van der Waals surface area contributed by atoms with Gasteiger partial charge < -0.3 is 31.1 Å². The Kier molecular flexibility index (Phi) is 7.43. The number of hydrogen-bond acceptors (Lipinski definition) is 5. The molecule has 4 atom stereocenters. The zero-order chi connectivity index (χ0) is 23.4. The summed E-state index contributed by atoms with van der Waals surface area (Å²) < 4.78 is 5.53. The van der Waals surface area contributed by atoms with Gasteiger partial charge in [-0.3, -0.25) is 4.79 Å². The summed E-state index contributed by atoms with van der Waals surface area (Å²) in [6.45, 7) is 1.50. The first kappa shape index (κ1) is 23.8. The quantitative estimate of drug-likeness (QED) is 0.499. The van der Waals surface area contributed by atoms with Crippen LogP contribution in [0.3, 0.4) is 0 Å². The summed E-state index contributed by atoms with van der Waals surface area (Å²) in [4.78, 5) is 39.9. The van der Waals surface area contributed by atoms with Crippen molar-refractivity contribution < 1.29 is 24.2 Å². The molecule has 4 rings (SSSR count). The van der Waals surface area contributed by atoms with Gasteiger partial charge in [0.1, 0.15) is 0 Å². The molecule has 0 radical (unpaired) electrons. The minimum absolute atomic E-state index is 0.0970. The molecule has 0 spiro atoms. The zero-order valence-corrected chi connectivity index (χ0v) is 19.6. The highest BCUT2D eigenvalue weighted by atomic mass is 32.1. The van der Waals surface area contributed by atoms with Crippen molar-refractivity contribution in [1.29, 1.82) is 0 Å². The third-order valence-electron chi connectivity index (χ3n) is 7.59. The number of carbonyl (C=O) groups excluding carboxylic acids is 2. The summed E-state index contributed by atoms with van der Waals surface area (Å²) >= 11 is 1.59. The van der Waals surface area contributed by atoms with E-state index in [9.17, 15) is 19.5 Å². The molecule has 2 aliphatic heterocycles. The highest BCUT2D eigenvalue weighted by Gasteiger charge is 2.46. The molecule has 1 aliphatic carbocycles. The topological polar surface area (TPSA) is 134 Å². The highest BCUT2D eigenvalue weighted by Crippen LogP contribution is 2.41. The lowest BCUT2D eigenvalue weighted by Crippen LogP contribution is -2.64. The van der Waals surface area contributed by atoms with E-state index in [0.717, 1.165) is 37.0 Å². The van der Waals surface area contributed by atoms with E-state index in [-0.39, 0.29) is 12.3 Å². The van der Waals surface area contributed by atoms with Gasteiger partial charge in [-0.05, 0) is 49.0 Å². The number of amides is 4. The van der Waals surface area contributed by atoms with E-state index in [1.807, 2.05) is 17.5 Å². The van der Waals surface area contributed by atoms with Crippen molar-refractivity contribution in [3.05, 3.63) is 22.4 Å². The number of primary amides is 1. The summed E-state index contributed by atoms with van der Waals surface area (Å²) in [6.07, 6.45) is 5.14. The molecule has 1 aromatic heterocycles.